The second-order valence-electron chi connectivity index (χ2n) is 4.46. The Bertz CT molecular complexity index is 545. The summed E-state index contributed by atoms with van der Waals surface area (Å²) in [7, 11) is 0. The molecule has 0 radical (unpaired) electrons. The van der Waals surface area contributed by atoms with Gasteiger partial charge in [0.15, 0.2) is 5.92 Å². The number of benzene rings is 1. The molecule has 7 nitrogen and oxygen atoms in total. The minimum Gasteiger partial charge on any atom is -0.481 e. The second kappa shape index (κ2) is 8.38. The van der Waals surface area contributed by atoms with E-state index in [9.17, 15) is 24.8 Å². The van der Waals surface area contributed by atoms with Crippen molar-refractivity contribution >= 4 is 23.7 Å². The molecule has 1 N–H and O–H groups in total. The Hall–Kier alpha value is -2.09. The van der Waals surface area contributed by atoms with Gasteiger partial charge in [0.05, 0.1) is 12.5 Å². The Balaban J connectivity index is 3.19. The van der Waals surface area contributed by atoms with Gasteiger partial charge in [-0.2, -0.15) is 0 Å². The van der Waals surface area contributed by atoms with Gasteiger partial charge in [-0.05, 0) is 30.9 Å². The van der Waals surface area contributed by atoms with E-state index in [1.54, 1.807) is 31.2 Å². The van der Waals surface area contributed by atoms with Crippen molar-refractivity contribution in [3.05, 3.63) is 39.9 Å². The summed E-state index contributed by atoms with van der Waals surface area (Å²) in [4.78, 5) is 34.5. The molecule has 0 saturated carbocycles. The number of ether oxygens (including phenoxy) is 1. The molecule has 0 spiro atoms. The summed E-state index contributed by atoms with van der Waals surface area (Å²) in [5.74, 6) is -5.08. The average molecular weight is 327 g/mol. The van der Waals surface area contributed by atoms with E-state index in [-0.39, 0.29) is 6.61 Å². The number of nitro groups is 1. The number of rotatable bonds is 8. The zero-order valence-electron chi connectivity index (χ0n) is 12.2. The predicted molar refractivity (Wildman–Crippen MR) is 80.6 cm³/mol. The maximum Gasteiger partial charge on any atom is 0.321 e. The van der Waals surface area contributed by atoms with Crippen LogP contribution in [0, 0.1) is 16.0 Å². The van der Waals surface area contributed by atoms with Gasteiger partial charge in [-0.25, -0.2) is 0 Å². The Morgan fingerprint density at radius 1 is 1.36 bits per heavy atom. The molecule has 0 fully saturated rings. The summed E-state index contributed by atoms with van der Waals surface area (Å²) in [5.41, 5.74) is 0.426. The number of carbonyl (C=O) groups is 2. The maximum atomic E-state index is 11.9. The van der Waals surface area contributed by atoms with E-state index in [0.29, 0.717) is 5.56 Å². The van der Waals surface area contributed by atoms with Crippen LogP contribution in [-0.4, -0.2) is 41.4 Å². The van der Waals surface area contributed by atoms with Gasteiger partial charge in [0.25, 0.3) is 0 Å². The Labute approximate surface area is 131 Å². The van der Waals surface area contributed by atoms with Crippen molar-refractivity contribution in [3.63, 3.8) is 0 Å². The molecule has 0 heterocycles. The monoisotopic (exact) mass is 327 g/mol. The molecule has 2 atom stereocenters. The lowest BCUT2D eigenvalue weighted by Gasteiger charge is -2.20. The van der Waals surface area contributed by atoms with Gasteiger partial charge in [-0.3, -0.25) is 19.7 Å². The first-order valence-electron chi connectivity index (χ1n) is 6.55. The van der Waals surface area contributed by atoms with Crippen molar-refractivity contribution in [1.82, 2.24) is 0 Å². The number of carboxylic acid groups (broad SMARTS) is 1. The molecule has 1 aromatic carbocycles. The summed E-state index contributed by atoms with van der Waals surface area (Å²) < 4.78 is 4.75. The summed E-state index contributed by atoms with van der Waals surface area (Å²) in [6.45, 7) is 0.903. The maximum absolute atomic E-state index is 11.9. The quantitative estimate of drug-likeness (QED) is 0.256. The van der Waals surface area contributed by atoms with Crippen LogP contribution < -0.4 is 0 Å². The third kappa shape index (κ3) is 4.73. The van der Waals surface area contributed by atoms with Crippen molar-refractivity contribution in [2.45, 2.75) is 17.7 Å². The van der Waals surface area contributed by atoms with E-state index < -0.39 is 35.2 Å². The highest BCUT2D eigenvalue weighted by atomic mass is 32.2. The third-order valence-corrected chi connectivity index (χ3v) is 3.84. The Morgan fingerprint density at radius 3 is 2.36 bits per heavy atom. The molecule has 0 aliphatic heterocycles. The first kappa shape index (κ1) is 18.0. The molecular weight excluding hydrogens is 310 g/mol. The molecular formula is C14H17NO6S. The lowest BCUT2D eigenvalue weighted by Crippen LogP contribution is -2.35. The van der Waals surface area contributed by atoms with Crippen LogP contribution in [-0.2, 0) is 14.3 Å². The van der Waals surface area contributed by atoms with Crippen molar-refractivity contribution in [2.24, 2.45) is 5.92 Å². The van der Waals surface area contributed by atoms with Crippen LogP contribution in [0.3, 0.4) is 0 Å². The highest BCUT2D eigenvalue weighted by Gasteiger charge is 2.40. The first-order chi connectivity index (χ1) is 10.4. The molecule has 120 valence electrons. The van der Waals surface area contributed by atoms with E-state index in [1.807, 2.05) is 6.26 Å². The number of carbonyl (C=O) groups excluding carboxylic acids is 1. The van der Waals surface area contributed by atoms with Crippen molar-refractivity contribution < 1.29 is 24.4 Å². The molecule has 1 rings (SSSR count). The van der Waals surface area contributed by atoms with Crippen LogP contribution in [0.1, 0.15) is 18.4 Å². The zero-order chi connectivity index (χ0) is 16.7. The lowest BCUT2D eigenvalue weighted by atomic mass is 9.86. The van der Waals surface area contributed by atoms with Gasteiger partial charge < -0.3 is 9.84 Å². The molecule has 1 aromatic rings. The largest absolute Gasteiger partial charge is 0.481 e. The second-order valence-corrected chi connectivity index (χ2v) is 5.34. The Morgan fingerprint density at radius 2 is 1.95 bits per heavy atom. The lowest BCUT2D eigenvalue weighted by molar-refractivity contribution is -0.484. The minimum absolute atomic E-state index is 0.0131. The number of thioether (sulfide) groups is 1. The Kier molecular flexibility index (Phi) is 6.84. The molecule has 0 saturated heterocycles. The topological polar surface area (TPSA) is 107 Å². The summed E-state index contributed by atoms with van der Waals surface area (Å²) in [6.07, 6.45) is 1.88. The minimum atomic E-state index is -1.61. The van der Waals surface area contributed by atoms with Crippen molar-refractivity contribution in [2.75, 3.05) is 19.4 Å². The molecule has 0 amide bonds. The molecule has 0 aliphatic rings. The average Bonchev–Trinajstić information content (AvgIpc) is 2.46. The first-order valence-corrected chi connectivity index (χ1v) is 7.78. The van der Waals surface area contributed by atoms with E-state index in [1.165, 1.54) is 11.8 Å². The zero-order valence-corrected chi connectivity index (χ0v) is 13.0. The van der Waals surface area contributed by atoms with Gasteiger partial charge in [-0.15, -0.1) is 11.8 Å². The normalized spacial score (nSPS) is 13.2. The van der Waals surface area contributed by atoms with Crippen molar-refractivity contribution in [3.8, 4) is 0 Å². The fourth-order valence-corrected chi connectivity index (χ4v) is 2.49. The van der Waals surface area contributed by atoms with E-state index in [4.69, 9.17) is 4.74 Å². The van der Waals surface area contributed by atoms with E-state index in [2.05, 4.69) is 0 Å². The summed E-state index contributed by atoms with van der Waals surface area (Å²) in [5, 5.41) is 20.2. The van der Waals surface area contributed by atoms with Crippen molar-refractivity contribution in [1.29, 1.82) is 0 Å². The molecule has 22 heavy (non-hydrogen) atoms. The van der Waals surface area contributed by atoms with Gasteiger partial charge >= 0.3 is 11.9 Å². The molecule has 0 aromatic heterocycles. The number of hydrogen-bond acceptors (Lipinski definition) is 6. The van der Waals surface area contributed by atoms with Crippen LogP contribution in [0.2, 0.25) is 0 Å². The van der Waals surface area contributed by atoms with Crippen LogP contribution in [0.4, 0.5) is 0 Å². The van der Waals surface area contributed by atoms with Gasteiger partial charge in [0.1, 0.15) is 0 Å². The molecule has 0 aliphatic carbocycles. The van der Waals surface area contributed by atoms with Crippen LogP contribution >= 0.6 is 11.8 Å². The van der Waals surface area contributed by atoms with E-state index in [0.717, 1.165) is 4.90 Å². The standard InChI is InChI=1S/C14H17NO6S/c1-3-21-14(18)12(13(16)17)11(8-15(19)20)9-4-6-10(22-2)7-5-9/h4-7,11-12H,3,8H2,1-2H3,(H,16,17). The fourth-order valence-electron chi connectivity index (χ4n) is 2.08. The number of carboxylic acids is 1. The molecule has 2 unspecified atom stereocenters. The van der Waals surface area contributed by atoms with Crippen LogP contribution in [0.5, 0.6) is 0 Å². The number of nitrogens with zero attached hydrogens (tertiary/aromatic N) is 1. The highest BCUT2D eigenvalue weighted by Crippen LogP contribution is 2.28. The highest BCUT2D eigenvalue weighted by molar-refractivity contribution is 7.98. The molecule has 8 heteroatoms. The third-order valence-electron chi connectivity index (χ3n) is 3.10. The van der Waals surface area contributed by atoms with Crippen LogP contribution in [0.15, 0.2) is 29.2 Å². The smallest absolute Gasteiger partial charge is 0.321 e. The molecule has 0 bridgehead atoms. The summed E-state index contributed by atoms with van der Waals surface area (Å²) in [6, 6.07) is 6.68. The number of esters is 1. The van der Waals surface area contributed by atoms with Gasteiger partial charge in [-0.1, -0.05) is 12.1 Å². The SMILES string of the molecule is CCOC(=O)C(C(=O)O)C(C[N+](=O)[O-])c1ccc(SC)cc1. The van der Waals surface area contributed by atoms with Crippen LogP contribution in [0.25, 0.3) is 0 Å². The van der Waals surface area contributed by atoms with Gasteiger partial charge in [0.2, 0.25) is 6.54 Å². The predicted octanol–water partition coefficient (Wildman–Crippen LogP) is 2.03. The fraction of sp³-hybridized carbons (Fsp3) is 0.429. The van der Waals surface area contributed by atoms with Gasteiger partial charge in [0, 0.05) is 9.82 Å². The van der Waals surface area contributed by atoms with E-state index >= 15 is 0 Å². The summed E-state index contributed by atoms with van der Waals surface area (Å²) >= 11 is 1.49. The number of hydrogen-bond donors (Lipinski definition) is 1. The number of aliphatic carboxylic acids is 1.